The monoisotopic (exact) mass is 337 g/mol. The Bertz CT molecular complexity index is 996. The highest BCUT2D eigenvalue weighted by atomic mass is 19.1. The van der Waals surface area contributed by atoms with Crippen molar-refractivity contribution in [3.05, 3.63) is 66.2 Å². The smallest absolute Gasteiger partial charge is 0.201 e. The quantitative estimate of drug-likeness (QED) is 0.450. The lowest BCUT2D eigenvalue weighted by Gasteiger charge is -2.15. The maximum Gasteiger partial charge on any atom is 0.201 e. The van der Waals surface area contributed by atoms with Crippen LogP contribution in [0.4, 0.5) is 10.3 Å². The zero-order valence-electron chi connectivity index (χ0n) is 13.2. The SMILES string of the molecule is OCC(Nc1nc2ccc(-c3cn[nH]c3)cc2[nH]1)c1cccc(F)c1. The Hall–Kier alpha value is -3.19. The van der Waals surface area contributed by atoms with Gasteiger partial charge in [0, 0.05) is 11.8 Å². The van der Waals surface area contributed by atoms with Crippen LogP contribution in [-0.4, -0.2) is 31.9 Å². The van der Waals surface area contributed by atoms with Crippen LogP contribution < -0.4 is 5.32 Å². The van der Waals surface area contributed by atoms with E-state index in [1.807, 2.05) is 24.4 Å². The summed E-state index contributed by atoms with van der Waals surface area (Å²) in [5.41, 5.74) is 4.31. The molecule has 0 aliphatic rings. The fourth-order valence-electron chi connectivity index (χ4n) is 2.79. The maximum atomic E-state index is 13.4. The molecule has 0 saturated carbocycles. The van der Waals surface area contributed by atoms with Crippen molar-refractivity contribution in [2.24, 2.45) is 0 Å². The number of benzene rings is 2. The molecule has 0 fully saturated rings. The normalized spacial score (nSPS) is 12.4. The summed E-state index contributed by atoms with van der Waals surface area (Å²) in [5.74, 6) is 0.176. The Morgan fingerprint density at radius 3 is 2.84 bits per heavy atom. The number of rotatable bonds is 5. The molecule has 4 rings (SSSR count). The third-order valence-electron chi connectivity index (χ3n) is 4.06. The van der Waals surface area contributed by atoms with Crippen LogP contribution in [0.1, 0.15) is 11.6 Å². The average Bonchev–Trinajstić information content (AvgIpc) is 3.28. The number of aliphatic hydroxyl groups excluding tert-OH is 1. The van der Waals surface area contributed by atoms with E-state index in [1.54, 1.807) is 18.3 Å². The van der Waals surface area contributed by atoms with Gasteiger partial charge in [-0.05, 0) is 35.4 Å². The van der Waals surface area contributed by atoms with Crippen LogP contribution in [0.15, 0.2) is 54.9 Å². The van der Waals surface area contributed by atoms with Crippen LogP contribution in [0.5, 0.6) is 0 Å². The van der Waals surface area contributed by atoms with Gasteiger partial charge >= 0.3 is 0 Å². The molecule has 0 saturated heterocycles. The lowest BCUT2D eigenvalue weighted by molar-refractivity contribution is 0.275. The molecular weight excluding hydrogens is 321 g/mol. The number of anilines is 1. The van der Waals surface area contributed by atoms with Crippen molar-refractivity contribution in [3.63, 3.8) is 0 Å². The molecule has 4 aromatic rings. The molecule has 4 N–H and O–H groups in total. The molecule has 7 heteroatoms. The summed E-state index contributed by atoms with van der Waals surface area (Å²) in [4.78, 5) is 7.67. The predicted octanol–water partition coefficient (Wildman–Crippen LogP) is 3.24. The van der Waals surface area contributed by atoms with Crippen molar-refractivity contribution in [1.82, 2.24) is 20.2 Å². The van der Waals surface area contributed by atoms with Gasteiger partial charge in [-0.25, -0.2) is 9.37 Å². The van der Waals surface area contributed by atoms with Crippen LogP contribution in [0.25, 0.3) is 22.2 Å². The zero-order chi connectivity index (χ0) is 17.2. The van der Waals surface area contributed by atoms with Gasteiger partial charge in [0.15, 0.2) is 0 Å². The summed E-state index contributed by atoms with van der Waals surface area (Å²) in [6.45, 7) is -0.180. The molecule has 2 aromatic heterocycles. The van der Waals surface area contributed by atoms with E-state index in [1.165, 1.54) is 12.1 Å². The topological polar surface area (TPSA) is 89.6 Å². The zero-order valence-corrected chi connectivity index (χ0v) is 13.2. The summed E-state index contributed by atoms with van der Waals surface area (Å²) < 4.78 is 13.4. The first-order valence-electron chi connectivity index (χ1n) is 7.85. The van der Waals surface area contributed by atoms with Crippen LogP contribution in [-0.2, 0) is 0 Å². The van der Waals surface area contributed by atoms with Gasteiger partial charge in [0.25, 0.3) is 0 Å². The number of aliphatic hydroxyl groups is 1. The molecule has 1 unspecified atom stereocenters. The number of nitrogens with zero attached hydrogens (tertiary/aromatic N) is 2. The first-order chi connectivity index (χ1) is 12.2. The molecule has 126 valence electrons. The lowest BCUT2D eigenvalue weighted by atomic mass is 10.1. The van der Waals surface area contributed by atoms with E-state index >= 15 is 0 Å². The summed E-state index contributed by atoms with van der Waals surface area (Å²) in [7, 11) is 0. The van der Waals surface area contributed by atoms with Crippen LogP contribution >= 0.6 is 0 Å². The third-order valence-corrected chi connectivity index (χ3v) is 4.06. The molecule has 6 nitrogen and oxygen atoms in total. The number of halogens is 1. The Kier molecular flexibility index (Phi) is 3.91. The summed E-state index contributed by atoms with van der Waals surface area (Å²) >= 11 is 0. The maximum absolute atomic E-state index is 13.4. The second-order valence-electron chi connectivity index (χ2n) is 5.74. The van der Waals surface area contributed by atoms with Crippen molar-refractivity contribution >= 4 is 17.0 Å². The van der Waals surface area contributed by atoms with E-state index in [2.05, 4.69) is 25.5 Å². The van der Waals surface area contributed by atoms with Crippen LogP contribution in [0.3, 0.4) is 0 Å². The van der Waals surface area contributed by atoms with Crippen molar-refractivity contribution < 1.29 is 9.50 Å². The Morgan fingerprint density at radius 1 is 1.16 bits per heavy atom. The van der Waals surface area contributed by atoms with Crippen molar-refractivity contribution in [2.45, 2.75) is 6.04 Å². The van der Waals surface area contributed by atoms with Gasteiger partial charge < -0.3 is 15.4 Å². The average molecular weight is 337 g/mol. The number of aromatic nitrogens is 4. The molecule has 0 aliphatic carbocycles. The number of nitrogens with one attached hydrogen (secondary N) is 3. The third kappa shape index (κ3) is 3.09. The Balaban J connectivity index is 1.62. The highest BCUT2D eigenvalue weighted by Gasteiger charge is 2.13. The standard InChI is InChI=1S/C18H16FN5O/c19-14-3-1-2-12(6-14)17(10-25)24-18-22-15-5-4-11(7-16(15)23-18)13-8-20-21-9-13/h1-9,17,25H,10H2,(H,20,21)(H2,22,23,24). The van der Waals surface area contributed by atoms with Crippen LogP contribution in [0.2, 0.25) is 0 Å². The van der Waals surface area contributed by atoms with E-state index < -0.39 is 6.04 Å². The summed E-state index contributed by atoms with van der Waals surface area (Å²) in [6, 6.07) is 11.5. The Labute approximate surface area is 142 Å². The number of hydrogen-bond acceptors (Lipinski definition) is 4. The first-order valence-corrected chi connectivity index (χ1v) is 7.85. The van der Waals surface area contributed by atoms with E-state index in [0.717, 1.165) is 22.2 Å². The van der Waals surface area contributed by atoms with Gasteiger partial charge in [0.2, 0.25) is 5.95 Å². The molecule has 0 bridgehead atoms. The minimum Gasteiger partial charge on any atom is -0.394 e. The minimum atomic E-state index is -0.454. The number of imidazole rings is 1. The van der Waals surface area contributed by atoms with Gasteiger partial charge in [-0.1, -0.05) is 18.2 Å². The number of H-pyrrole nitrogens is 2. The van der Waals surface area contributed by atoms with Gasteiger partial charge in [0.05, 0.1) is 29.9 Å². The molecule has 0 aliphatic heterocycles. The number of aromatic amines is 2. The molecule has 0 radical (unpaired) electrons. The molecule has 1 atom stereocenters. The summed E-state index contributed by atoms with van der Waals surface area (Å²) in [6.07, 6.45) is 3.57. The van der Waals surface area contributed by atoms with E-state index in [4.69, 9.17) is 0 Å². The van der Waals surface area contributed by atoms with Crippen LogP contribution in [0, 0.1) is 5.82 Å². The van der Waals surface area contributed by atoms with Gasteiger partial charge in [-0.2, -0.15) is 5.10 Å². The molecule has 2 heterocycles. The predicted molar refractivity (Wildman–Crippen MR) is 93.5 cm³/mol. The summed E-state index contributed by atoms with van der Waals surface area (Å²) in [5, 5.41) is 19.5. The number of hydrogen-bond donors (Lipinski definition) is 4. The van der Waals surface area contributed by atoms with Crippen molar-refractivity contribution in [1.29, 1.82) is 0 Å². The van der Waals surface area contributed by atoms with Gasteiger partial charge in [0.1, 0.15) is 5.82 Å². The first kappa shape index (κ1) is 15.3. The second kappa shape index (κ2) is 6.37. The van der Waals surface area contributed by atoms with E-state index in [0.29, 0.717) is 11.5 Å². The van der Waals surface area contributed by atoms with Gasteiger partial charge in [-0.15, -0.1) is 0 Å². The van der Waals surface area contributed by atoms with Gasteiger partial charge in [-0.3, -0.25) is 5.10 Å². The number of fused-ring (bicyclic) bond motifs is 1. The molecular formula is C18H16FN5O. The van der Waals surface area contributed by atoms with E-state index in [-0.39, 0.29) is 12.4 Å². The Morgan fingerprint density at radius 2 is 2.08 bits per heavy atom. The largest absolute Gasteiger partial charge is 0.394 e. The fourth-order valence-corrected chi connectivity index (χ4v) is 2.79. The molecule has 25 heavy (non-hydrogen) atoms. The van der Waals surface area contributed by atoms with Crippen molar-refractivity contribution in [3.8, 4) is 11.1 Å². The van der Waals surface area contributed by atoms with Crippen molar-refractivity contribution in [2.75, 3.05) is 11.9 Å². The second-order valence-corrected chi connectivity index (χ2v) is 5.74. The fraction of sp³-hybridized carbons (Fsp3) is 0.111. The highest BCUT2D eigenvalue weighted by Crippen LogP contribution is 2.25. The molecule has 0 spiro atoms. The highest BCUT2D eigenvalue weighted by molar-refractivity contribution is 5.83. The minimum absolute atomic E-state index is 0.180. The molecule has 2 aromatic carbocycles. The lowest BCUT2D eigenvalue weighted by Crippen LogP contribution is -2.15. The van der Waals surface area contributed by atoms with E-state index in [9.17, 15) is 9.50 Å². The molecule has 0 amide bonds.